The minimum absolute atomic E-state index is 0.00394. The van der Waals surface area contributed by atoms with Crippen molar-refractivity contribution in [2.75, 3.05) is 0 Å². The predicted molar refractivity (Wildman–Crippen MR) is 50.3 cm³/mol. The normalized spacial score (nSPS) is 10.8. The Hall–Kier alpha value is -1.36. The first-order chi connectivity index (χ1) is 6.79. The molecule has 0 unspecified atom stereocenters. The summed E-state index contributed by atoms with van der Waals surface area (Å²) in [6.07, 6.45) is -2.48. The number of benzene rings is 1. The molecule has 0 aliphatic heterocycles. The van der Waals surface area contributed by atoms with Gasteiger partial charge < -0.3 is 0 Å². The van der Waals surface area contributed by atoms with Crippen LogP contribution in [0.2, 0.25) is 0 Å². The quantitative estimate of drug-likeness (QED) is 0.764. The van der Waals surface area contributed by atoms with Gasteiger partial charge in [0.2, 0.25) is 0 Å². The Morgan fingerprint density at radius 3 is 2.64 bits per heavy atom. The van der Waals surface area contributed by atoms with E-state index < -0.39 is 6.43 Å². The number of rotatable bonds is 2. The van der Waals surface area contributed by atoms with Crippen molar-refractivity contribution in [1.29, 1.82) is 0 Å². The molecular weight excluding hydrogens is 206 g/mol. The SMILES string of the molecule is FC(F)c1ccccc1-c1nncs1. The Morgan fingerprint density at radius 1 is 1.21 bits per heavy atom. The van der Waals surface area contributed by atoms with Crippen LogP contribution in [0.5, 0.6) is 0 Å². The van der Waals surface area contributed by atoms with E-state index in [1.807, 2.05) is 0 Å². The number of hydrogen-bond acceptors (Lipinski definition) is 3. The van der Waals surface area contributed by atoms with Gasteiger partial charge in [-0.05, 0) is 0 Å². The fourth-order valence-electron chi connectivity index (χ4n) is 1.17. The van der Waals surface area contributed by atoms with E-state index in [0.717, 1.165) is 0 Å². The third kappa shape index (κ3) is 1.63. The second-order valence-electron chi connectivity index (χ2n) is 2.63. The van der Waals surface area contributed by atoms with Crippen LogP contribution in [-0.2, 0) is 0 Å². The molecule has 0 saturated heterocycles. The summed E-state index contributed by atoms with van der Waals surface area (Å²) in [6, 6.07) is 6.33. The average molecular weight is 212 g/mol. The molecule has 0 fully saturated rings. The molecule has 0 amide bonds. The van der Waals surface area contributed by atoms with Gasteiger partial charge in [-0.1, -0.05) is 35.6 Å². The minimum atomic E-state index is -2.48. The number of hydrogen-bond donors (Lipinski definition) is 0. The summed E-state index contributed by atoms with van der Waals surface area (Å²) >= 11 is 1.25. The minimum Gasteiger partial charge on any atom is -0.205 e. The first-order valence-corrected chi connectivity index (χ1v) is 4.80. The van der Waals surface area contributed by atoms with Gasteiger partial charge in [-0.15, -0.1) is 10.2 Å². The molecular formula is C9H6F2N2S. The molecule has 0 N–H and O–H groups in total. The van der Waals surface area contributed by atoms with E-state index in [-0.39, 0.29) is 5.56 Å². The zero-order chi connectivity index (χ0) is 9.97. The van der Waals surface area contributed by atoms with Crippen molar-refractivity contribution < 1.29 is 8.78 Å². The lowest BCUT2D eigenvalue weighted by atomic mass is 10.1. The van der Waals surface area contributed by atoms with Gasteiger partial charge in [0, 0.05) is 11.1 Å². The van der Waals surface area contributed by atoms with E-state index >= 15 is 0 Å². The smallest absolute Gasteiger partial charge is 0.205 e. The summed E-state index contributed by atoms with van der Waals surface area (Å²) in [5.74, 6) is 0. The average Bonchev–Trinajstić information content (AvgIpc) is 2.70. The van der Waals surface area contributed by atoms with Crippen molar-refractivity contribution in [2.45, 2.75) is 6.43 Å². The molecule has 0 bridgehead atoms. The molecule has 1 aromatic carbocycles. The molecule has 5 heteroatoms. The Kier molecular flexibility index (Phi) is 2.49. The van der Waals surface area contributed by atoms with Crippen molar-refractivity contribution >= 4 is 11.3 Å². The highest BCUT2D eigenvalue weighted by atomic mass is 32.1. The Balaban J connectivity index is 2.53. The monoisotopic (exact) mass is 212 g/mol. The van der Waals surface area contributed by atoms with Crippen LogP contribution in [-0.4, -0.2) is 10.2 Å². The van der Waals surface area contributed by atoms with Crippen LogP contribution in [0.4, 0.5) is 8.78 Å². The molecule has 0 spiro atoms. The molecule has 2 aromatic rings. The standard InChI is InChI=1S/C9H6F2N2S/c10-8(11)6-3-1-2-4-7(6)9-13-12-5-14-9/h1-5,8H. The zero-order valence-electron chi connectivity index (χ0n) is 7.02. The third-order valence-corrected chi connectivity index (χ3v) is 2.51. The molecule has 0 aliphatic carbocycles. The molecule has 0 saturated carbocycles. The maximum Gasteiger partial charge on any atom is 0.264 e. The molecule has 2 nitrogen and oxygen atoms in total. The summed E-state index contributed by atoms with van der Waals surface area (Å²) in [5, 5.41) is 7.92. The fourth-order valence-corrected chi connectivity index (χ4v) is 1.77. The van der Waals surface area contributed by atoms with Crippen LogP contribution < -0.4 is 0 Å². The lowest BCUT2D eigenvalue weighted by Crippen LogP contribution is -1.89. The van der Waals surface area contributed by atoms with Crippen LogP contribution in [0.3, 0.4) is 0 Å². The molecule has 72 valence electrons. The third-order valence-electron chi connectivity index (χ3n) is 1.79. The maximum atomic E-state index is 12.6. The Labute approximate surface area is 83.2 Å². The number of aromatic nitrogens is 2. The maximum absolute atomic E-state index is 12.6. The van der Waals surface area contributed by atoms with E-state index in [2.05, 4.69) is 10.2 Å². The van der Waals surface area contributed by atoms with Gasteiger partial charge in [-0.3, -0.25) is 0 Å². The van der Waals surface area contributed by atoms with Crippen molar-refractivity contribution in [2.24, 2.45) is 0 Å². The molecule has 0 atom stereocenters. The highest BCUT2D eigenvalue weighted by Crippen LogP contribution is 2.31. The van der Waals surface area contributed by atoms with Gasteiger partial charge >= 0.3 is 0 Å². The second-order valence-corrected chi connectivity index (χ2v) is 3.47. The summed E-state index contributed by atoms with van der Waals surface area (Å²) < 4.78 is 25.2. The van der Waals surface area contributed by atoms with E-state index in [9.17, 15) is 8.78 Å². The Morgan fingerprint density at radius 2 is 2.00 bits per heavy atom. The predicted octanol–water partition coefficient (Wildman–Crippen LogP) is 3.14. The van der Waals surface area contributed by atoms with Crippen LogP contribution in [0.25, 0.3) is 10.6 Å². The molecule has 1 heterocycles. The van der Waals surface area contributed by atoms with Crippen molar-refractivity contribution in [3.05, 3.63) is 35.3 Å². The van der Waals surface area contributed by atoms with E-state index in [4.69, 9.17) is 0 Å². The van der Waals surface area contributed by atoms with Gasteiger partial charge in [-0.25, -0.2) is 8.78 Å². The molecule has 0 aliphatic rings. The molecule has 2 rings (SSSR count). The second kappa shape index (κ2) is 3.79. The van der Waals surface area contributed by atoms with Crippen LogP contribution in [0, 0.1) is 0 Å². The Bertz CT molecular complexity index is 415. The van der Waals surface area contributed by atoms with Crippen molar-refractivity contribution in [3.8, 4) is 10.6 Å². The fraction of sp³-hybridized carbons (Fsp3) is 0.111. The first kappa shape index (κ1) is 9.21. The van der Waals surface area contributed by atoms with Gasteiger partial charge in [0.05, 0.1) is 0 Å². The molecule has 14 heavy (non-hydrogen) atoms. The van der Waals surface area contributed by atoms with Gasteiger partial charge in [0.15, 0.2) is 0 Å². The lowest BCUT2D eigenvalue weighted by molar-refractivity contribution is 0.152. The number of alkyl halides is 2. The van der Waals surface area contributed by atoms with Crippen molar-refractivity contribution in [3.63, 3.8) is 0 Å². The van der Waals surface area contributed by atoms with Gasteiger partial charge in [0.25, 0.3) is 6.43 Å². The highest BCUT2D eigenvalue weighted by molar-refractivity contribution is 7.12. The molecule has 0 radical (unpaired) electrons. The number of nitrogens with zero attached hydrogens (tertiary/aromatic N) is 2. The summed E-state index contributed by atoms with van der Waals surface area (Å²) in [7, 11) is 0. The number of halogens is 2. The summed E-state index contributed by atoms with van der Waals surface area (Å²) in [5.41, 5.74) is 1.99. The van der Waals surface area contributed by atoms with Gasteiger partial charge in [0.1, 0.15) is 10.5 Å². The topological polar surface area (TPSA) is 25.8 Å². The van der Waals surface area contributed by atoms with Crippen LogP contribution in [0.15, 0.2) is 29.8 Å². The van der Waals surface area contributed by atoms with Gasteiger partial charge in [-0.2, -0.15) is 0 Å². The van der Waals surface area contributed by atoms with Crippen LogP contribution in [0.1, 0.15) is 12.0 Å². The van der Waals surface area contributed by atoms with Crippen LogP contribution >= 0.6 is 11.3 Å². The van der Waals surface area contributed by atoms with Crippen molar-refractivity contribution in [1.82, 2.24) is 10.2 Å². The molecule has 1 aromatic heterocycles. The largest absolute Gasteiger partial charge is 0.264 e. The summed E-state index contributed by atoms with van der Waals surface area (Å²) in [6.45, 7) is 0. The van der Waals surface area contributed by atoms with E-state index in [0.29, 0.717) is 10.6 Å². The first-order valence-electron chi connectivity index (χ1n) is 3.92. The zero-order valence-corrected chi connectivity index (χ0v) is 7.84. The summed E-state index contributed by atoms with van der Waals surface area (Å²) in [4.78, 5) is 0. The van der Waals surface area contributed by atoms with E-state index in [1.54, 1.807) is 18.2 Å². The van der Waals surface area contributed by atoms with E-state index in [1.165, 1.54) is 22.9 Å². The highest BCUT2D eigenvalue weighted by Gasteiger charge is 2.14. The lowest BCUT2D eigenvalue weighted by Gasteiger charge is -2.04.